The number of anilines is 2. The van der Waals surface area contributed by atoms with Crippen LogP contribution in [0.1, 0.15) is 16.9 Å². The Morgan fingerprint density at radius 3 is 2.77 bits per heavy atom. The second kappa shape index (κ2) is 8.59. The summed E-state index contributed by atoms with van der Waals surface area (Å²) < 4.78 is 5.14. The number of hydrogen-bond acceptors (Lipinski definition) is 10. The maximum absolute atomic E-state index is 10.3. The van der Waals surface area contributed by atoms with Gasteiger partial charge in [0.1, 0.15) is 17.5 Å². The van der Waals surface area contributed by atoms with E-state index in [0.717, 1.165) is 9.75 Å². The molecule has 0 radical (unpaired) electrons. The molecule has 0 aliphatic heterocycles. The lowest BCUT2D eigenvalue weighted by Crippen LogP contribution is -2.35. The third kappa shape index (κ3) is 4.12. The molecule has 0 saturated heterocycles. The fraction of sp³-hybridized carbons (Fsp3) is 0.316. The van der Waals surface area contributed by atoms with Gasteiger partial charge in [-0.05, 0) is 18.6 Å². The third-order valence-corrected chi connectivity index (χ3v) is 6.13. The number of nitrogens with one attached hydrogen (secondary N) is 1. The summed E-state index contributed by atoms with van der Waals surface area (Å²) in [6, 6.07) is 4.93. The smallest absolute Gasteiger partial charge is 0.223 e. The van der Waals surface area contributed by atoms with Crippen LogP contribution in [-0.4, -0.2) is 55.3 Å². The van der Waals surface area contributed by atoms with Gasteiger partial charge in [0.15, 0.2) is 10.9 Å². The molecule has 1 aliphatic carbocycles. The summed E-state index contributed by atoms with van der Waals surface area (Å²) in [6.07, 6.45) is -0.213. The van der Waals surface area contributed by atoms with E-state index >= 15 is 0 Å². The normalized spacial score (nSPS) is 23.2. The molecular weight excluding hydrogens is 430 g/mol. The zero-order chi connectivity index (χ0) is 21.3. The van der Waals surface area contributed by atoms with E-state index in [2.05, 4.69) is 32.3 Å². The lowest BCUT2D eigenvalue weighted by Gasteiger charge is -2.19. The maximum Gasteiger partial charge on any atom is 0.223 e. The number of aliphatic hydroxyl groups excluding tert-OH is 3. The molecule has 3 heterocycles. The summed E-state index contributed by atoms with van der Waals surface area (Å²) in [7, 11) is 0. The number of nitrogens with zero attached hydrogens (tertiary/aromatic N) is 3. The van der Waals surface area contributed by atoms with Crippen molar-refractivity contribution in [3.8, 4) is 22.5 Å². The summed E-state index contributed by atoms with van der Waals surface area (Å²) in [6.45, 7) is -0.234. The van der Waals surface area contributed by atoms with Crippen LogP contribution in [0.3, 0.4) is 0 Å². The minimum absolute atomic E-state index is 0.0523. The van der Waals surface area contributed by atoms with Crippen LogP contribution in [0.15, 0.2) is 28.9 Å². The minimum Gasteiger partial charge on any atom is -0.396 e. The van der Waals surface area contributed by atoms with Crippen LogP contribution in [0, 0.1) is 17.8 Å². The molecule has 0 amide bonds. The summed E-state index contributed by atoms with van der Waals surface area (Å²) in [5.41, 5.74) is 6.04. The highest BCUT2D eigenvalue weighted by Crippen LogP contribution is 2.31. The lowest BCUT2D eigenvalue weighted by molar-refractivity contribution is 0.00445. The first-order valence-corrected chi connectivity index (χ1v) is 10.2. The number of aromatic nitrogens is 3. The number of hydrogen-bond donors (Lipinski definition) is 5. The Labute approximate surface area is 180 Å². The Balaban J connectivity index is 1.61. The molecule has 6 N–H and O–H groups in total. The van der Waals surface area contributed by atoms with Crippen LogP contribution in [0.5, 0.6) is 0 Å². The first-order chi connectivity index (χ1) is 14.5. The molecule has 156 valence electrons. The first kappa shape index (κ1) is 20.6. The fourth-order valence-electron chi connectivity index (χ4n) is 3.29. The van der Waals surface area contributed by atoms with Gasteiger partial charge in [0.2, 0.25) is 5.95 Å². The number of halogens is 1. The molecule has 0 aromatic carbocycles. The summed E-state index contributed by atoms with van der Waals surface area (Å²) in [5, 5.41) is 36.5. The molecule has 11 heteroatoms. The Bertz CT molecular complexity index is 1090. The van der Waals surface area contributed by atoms with Crippen molar-refractivity contribution in [2.45, 2.75) is 24.7 Å². The van der Waals surface area contributed by atoms with Crippen molar-refractivity contribution in [3.05, 3.63) is 40.0 Å². The molecule has 30 heavy (non-hydrogen) atoms. The Hall–Kier alpha value is -2.68. The van der Waals surface area contributed by atoms with Gasteiger partial charge in [0, 0.05) is 18.6 Å². The topological polar surface area (TPSA) is 151 Å². The van der Waals surface area contributed by atoms with Crippen LogP contribution >= 0.6 is 22.9 Å². The molecular formula is C19H18ClN5O4S. The number of aliphatic hydroxyl groups is 3. The highest BCUT2D eigenvalue weighted by Gasteiger charge is 2.41. The molecule has 3 aromatic rings. The summed E-state index contributed by atoms with van der Waals surface area (Å²) in [5.74, 6) is 6.38. The third-order valence-electron chi connectivity index (χ3n) is 4.84. The summed E-state index contributed by atoms with van der Waals surface area (Å²) in [4.78, 5) is 9.75. The number of nitrogen functional groups attached to an aromatic ring is 1. The van der Waals surface area contributed by atoms with Gasteiger partial charge >= 0.3 is 0 Å². The molecule has 1 fully saturated rings. The zero-order valence-electron chi connectivity index (χ0n) is 15.5. The molecule has 1 saturated carbocycles. The largest absolute Gasteiger partial charge is 0.396 e. The number of rotatable bonds is 4. The van der Waals surface area contributed by atoms with Crippen molar-refractivity contribution < 1.29 is 19.8 Å². The van der Waals surface area contributed by atoms with E-state index in [9.17, 15) is 15.3 Å². The van der Waals surface area contributed by atoms with Gasteiger partial charge in [-0.15, -0.1) is 11.3 Å². The molecule has 4 unspecified atom stereocenters. The fourth-order valence-corrected chi connectivity index (χ4v) is 4.33. The molecule has 1 aliphatic rings. The second-order valence-electron chi connectivity index (χ2n) is 6.80. The van der Waals surface area contributed by atoms with Crippen molar-refractivity contribution in [2.75, 3.05) is 17.7 Å². The quantitative estimate of drug-likeness (QED) is 0.295. The van der Waals surface area contributed by atoms with Gasteiger partial charge in [0.25, 0.3) is 0 Å². The predicted octanol–water partition coefficient (Wildman–Crippen LogP) is 1.34. The van der Waals surface area contributed by atoms with Gasteiger partial charge < -0.3 is 30.9 Å². The van der Waals surface area contributed by atoms with Gasteiger partial charge in [-0.1, -0.05) is 28.6 Å². The van der Waals surface area contributed by atoms with Gasteiger partial charge in [-0.25, -0.2) is 0 Å². The van der Waals surface area contributed by atoms with E-state index in [0.29, 0.717) is 17.7 Å². The second-order valence-corrected chi connectivity index (χ2v) is 8.24. The molecule has 0 spiro atoms. The number of thiophene rings is 1. The maximum atomic E-state index is 10.3. The average Bonchev–Trinajstić information content (AvgIpc) is 3.45. The van der Waals surface area contributed by atoms with Crippen molar-refractivity contribution in [2.24, 2.45) is 5.92 Å². The van der Waals surface area contributed by atoms with Gasteiger partial charge in [-0.2, -0.15) is 9.97 Å². The van der Waals surface area contributed by atoms with Crippen LogP contribution < -0.4 is 11.1 Å². The first-order valence-electron chi connectivity index (χ1n) is 9.05. The Kier molecular flexibility index (Phi) is 5.90. The van der Waals surface area contributed by atoms with E-state index in [1.165, 1.54) is 11.3 Å². The van der Waals surface area contributed by atoms with Crippen LogP contribution in [0.25, 0.3) is 10.6 Å². The van der Waals surface area contributed by atoms with Crippen molar-refractivity contribution in [3.63, 3.8) is 0 Å². The van der Waals surface area contributed by atoms with Crippen LogP contribution in [-0.2, 0) is 0 Å². The van der Waals surface area contributed by atoms with Crippen LogP contribution in [0.2, 0.25) is 5.15 Å². The lowest BCUT2D eigenvalue weighted by atomic mass is 10.1. The highest BCUT2D eigenvalue weighted by molar-refractivity contribution is 7.15. The molecule has 0 bridgehead atoms. The molecule has 9 nitrogen and oxygen atoms in total. The van der Waals surface area contributed by atoms with Crippen molar-refractivity contribution >= 4 is 34.7 Å². The average molecular weight is 448 g/mol. The van der Waals surface area contributed by atoms with E-state index < -0.39 is 24.2 Å². The zero-order valence-corrected chi connectivity index (χ0v) is 17.1. The van der Waals surface area contributed by atoms with Crippen molar-refractivity contribution in [1.82, 2.24) is 15.1 Å². The molecule has 3 aromatic heterocycles. The van der Waals surface area contributed by atoms with Gasteiger partial charge in [-0.3, -0.25) is 0 Å². The Morgan fingerprint density at radius 1 is 1.23 bits per heavy atom. The van der Waals surface area contributed by atoms with E-state index in [1.807, 2.05) is 12.1 Å². The van der Waals surface area contributed by atoms with Crippen LogP contribution in [0.4, 0.5) is 11.8 Å². The van der Waals surface area contributed by atoms with Gasteiger partial charge in [0.05, 0.1) is 28.1 Å². The minimum atomic E-state index is -1.08. The Morgan fingerprint density at radius 2 is 2.07 bits per heavy atom. The van der Waals surface area contributed by atoms with E-state index in [4.69, 9.17) is 21.9 Å². The van der Waals surface area contributed by atoms with Crippen molar-refractivity contribution in [1.29, 1.82) is 0 Å². The number of nitrogens with two attached hydrogens (primary N) is 1. The monoisotopic (exact) mass is 447 g/mol. The standard InChI is InChI=1S/C19H18ClN5O4S/c20-17-11(3-1-10-2-4-14(30-10)13-5-6-22-29-13)18(25-19(21)24-17)23-12-7-9(8-26)15(27)16(12)28/h2,4-6,9,12,15-16,26-28H,7-8H2,(H3,21,23,24,25). The SMILES string of the molecule is Nc1nc(Cl)c(C#Cc2ccc(-c3ccno3)s2)c(NC2CC(CO)C(O)C2O)n1. The molecule has 4 atom stereocenters. The predicted molar refractivity (Wildman–Crippen MR) is 112 cm³/mol. The van der Waals surface area contributed by atoms with E-state index in [-0.39, 0.29) is 23.5 Å². The van der Waals surface area contributed by atoms with E-state index in [1.54, 1.807) is 12.3 Å². The molecule has 4 rings (SSSR count). The summed E-state index contributed by atoms with van der Waals surface area (Å²) >= 11 is 7.67. The highest BCUT2D eigenvalue weighted by atomic mass is 35.5.